The summed E-state index contributed by atoms with van der Waals surface area (Å²) >= 11 is 13.0. The first kappa shape index (κ1) is 15.3. The Morgan fingerprint density at radius 3 is 2.67 bits per heavy atom. The summed E-state index contributed by atoms with van der Waals surface area (Å²) in [5.41, 5.74) is 0.396. The van der Waals surface area contributed by atoms with Crippen LogP contribution >= 0.6 is 35.0 Å². The maximum absolute atomic E-state index is 11.9. The van der Waals surface area contributed by atoms with Crippen LogP contribution in [0.4, 0.5) is 0 Å². The molecule has 1 amide bonds. The van der Waals surface area contributed by atoms with Crippen molar-refractivity contribution >= 4 is 46.7 Å². The monoisotopic (exact) mass is 305 g/mol. The van der Waals surface area contributed by atoms with Gasteiger partial charge in [0, 0.05) is 17.1 Å². The molecule has 3 nitrogen and oxygen atoms in total. The molecule has 6 heteroatoms. The zero-order valence-electron chi connectivity index (χ0n) is 9.83. The Bertz CT molecular complexity index is 452. The van der Waals surface area contributed by atoms with Crippen LogP contribution < -0.4 is 5.32 Å². The van der Waals surface area contributed by atoms with Crippen molar-refractivity contribution < 1.29 is 9.59 Å². The summed E-state index contributed by atoms with van der Waals surface area (Å²) in [5.74, 6) is 0.263. The predicted molar refractivity (Wildman–Crippen MR) is 76.8 cm³/mol. The molecule has 1 N–H and O–H groups in total. The fourth-order valence-corrected chi connectivity index (χ4v) is 2.40. The van der Waals surface area contributed by atoms with Crippen molar-refractivity contribution in [2.45, 2.75) is 6.92 Å². The third kappa shape index (κ3) is 4.88. The first-order valence-corrected chi connectivity index (χ1v) is 7.28. The summed E-state index contributed by atoms with van der Waals surface area (Å²) in [4.78, 5) is 23.1. The van der Waals surface area contributed by atoms with Gasteiger partial charge >= 0.3 is 0 Å². The highest BCUT2D eigenvalue weighted by Gasteiger charge is 2.12. The van der Waals surface area contributed by atoms with Gasteiger partial charge in [-0.25, -0.2) is 0 Å². The minimum Gasteiger partial charge on any atom is -0.356 e. The van der Waals surface area contributed by atoms with Crippen molar-refractivity contribution in [3.05, 3.63) is 33.8 Å². The Hall–Kier alpha value is -0.710. The lowest BCUT2D eigenvalue weighted by molar-refractivity contribution is -0.118. The van der Waals surface area contributed by atoms with Gasteiger partial charge in [0.25, 0.3) is 0 Å². The average Bonchev–Trinajstić information content (AvgIpc) is 2.32. The number of Topliss-reactive ketones (excluding diaryl/α,β-unsaturated/α-hetero) is 1. The molecule has 0 saturated carbocycles. The van der Waals surface area contributed by atoms with Crippen molar-refractivity contribution in [3.8, 4) is 0 Å². The van der Waals surface area contributed by atoms with Gasteiger partial charge in [-0.2, -0.15) is 0 Å². The van der Waals surface area contributed by atoms with Crippen LogP contribution in [0.5, 0.6) is 0 Å². The molecule has 98 valence electrons. The fraction of sp³-hybridized carbons (Fsp3) is 0.333. The molecular weight excluding hydrogens is 293 g/mol. The number of hydrogen-bond donors (Lipinski definition) is 1. The number of halogens is 2. The Kier molecular flexibility index (Phi) is 6.54. The molecule has 1 aromatic rings. The molecule has 0 aromatic heterocycles. The van der Waals surface area contributed by atoms with E-state index in [4.69, 9.17) is 23.2 Å². The highest BCUT2D eigenvalue weighted by molar-refractivity contribution is 8.00. The van der Waals surface area contributed by atoms with E-state index in [-0.39, 0.29) is 23.2 Å². The second kappa shape index (κ2) is 7.67. The van der Waals surface area contributed by atoms with Gasteiger partial charge in [0.05, 0.1) is 16.5 Å². The van der Waals surface area contributed by atoms with Crippen molar-refractivity contribution in [1.29, 1.82) is 0 Å². The molecule has 0 fully saturated rings. The Balaban J connectivity index is 2.50. The number of rotatable bonds is 6. The lowest BCUT2D eigenvalue weighted by Gasteiger charge is -2.04. The van der Waals surface area contributed by atoms with E-state index in [1.54, 1.807) is 18.2 Å². The lowest BCUT2D eigenvalue weighted by atomic mass is 10.1. The van der Waals surface area contributed by atoms with Gasteiger partial charge in [-0.3, -0.25) is 9.59 Å². The molecule has 0 saturated heterocycles. The molecule has 0 heterocycles. The number of thioether (sulfide) groups is 1. The van der Waals surface area contributed by atoms with E-state index >= 15 is 0 Å². The minimum atomic E-state index is -0.128. The molecule has 1 aromatic carbocycles. The Morgan fingerprint density at radius 2 is 2.00 bits per heavy atom. The largest absolute Gasteiger partial charge is 0.356 e. The SMILES string of the molecule is CCNC(=O)CSCC(=O)c1cc(Cl)ccc1Cl. The van der Waals surface area contributed by atoms with Gasteiger partial charge in [0.1, 0.15) is 0 Å². The maximum atomic E-state index is 11.9. The third-order valence-electron chi connectivity index (χ3n) is 2.07. The highest BCUT2D eigenvalue weighted by atomic mass is 35.5. The van der Waals surface area contributed by atoms with E-state index in [0.29, 0.717) is 22.2 Å². The Morgan fingerprint density at radius 1 is 1.28 bits per heavy atom. The van der Waals surface area contributed by atoms with Crippen LogP contribution in [0.2, 0.25) is 10.0 Å². The maximum Gasteiger partial charge on any atom is 0.229 e. The fourth-order valence-electron chi connectivity index (χ4n) is 1.27. The smallest absolute Gasteiger partial charge is 0.229 e. The zero-order chi connectivity index (χ0) is 13.5. The normalized spacial score (nSPS) is 10.2. The average molecular weight is 306 g/mol. The first-order valence-electron chi connectivity index (χ1n) is 5.37. The molecule has 0 spiro atoms. The Labute approximate surface area is 120 Å². The van der Waals surface area contributed by atoms with Gasteiger partial charge in [-0.05, 0) is 25.1 Å². The number of hydrogen-bond acceptors (Lipinski definition) is 3. The summed E-state index contributed by atoms with van der Waals surface area (Å²) in [6.07, 6.45) is 0. The van der Waals surface area contributed by atoms with Crippen LogP contribution in [-0.4, -0.2) is 29.7 Å². The number of amides is 1. The van der Waals surface area contributed by atoms with Crippen molar-refractivity contribution in [1.82, 2.24) is 5.32 Å². The van der Waals surface area contributed by atoms with Gasteiger partial charge in [-0.15, -0.1) is 11.8 Å². The van der Waals surface area contributed by atoms with E-state index < -0.39 is 0 Å². The summed E-state index contributed by atoms with van der Waals surface area (Å²) in [7, 11) is 0. The highest BCUT2D eigenvalue weighted by Crippen LogP contribution is 2.22. The zero-order valence-corrected chi connectivity index (χ0v) is 12.2. The number of carbonyl (C=O) groups excluding carboxylic acids is 2. The molecule has 0 aliphatic heterocycles. The van der Waals surface area contributed by atoms with Crippen molar-refractivity contribution in [2.24, 2.45) is 0 Å². The van der Waals surface area contributed by atoms with E-state index in [2.05, 4.69) is 5.32 Å². The second-order valence-corrected chi connectivity index (χ2v) is 5.32. The first-order chi connectivity index (χ1) is 8.54. The summed E-state index contributed by atoms with van der Waals surface area (Å²) in [5, 5.41) is 3.51. The van der Waals surface area contributed by atoms with Gasteiger partial charge in [0.2, 0.25) is 5.91 Å². The number of benzene rings is 1. The van der Waals surface area contributed by atoms with Crippen LogP contribution in [0.1, 0.15) is 17.3 Å². The quantitative estimate of drug-likeness (QED) is 0.822. The van der Waals surface area contributed by atoms with Gasteiger partial charge in [-0.1, -0.05) is 23.2 Å². The molecular formula is C12H13Cl2NO2S. The standard InChI is InChI=1S/C12H13Cl2NO2S/c1-2-15-12(17)7-18-6-11(16)9-5-8(13)3-4-10(9)14/h3-5H,2,6-7H2,1H3,(H,15,17). The molecule has 0 bridgehead atoms. The van der Waals surface area contributed by atoms with Crippen molar-refractivity contribution in [2.75, 3.05) is 18.1 Å². The van der Waals surface area contributed by atoms with E-state index in [1.165, 1.54) is 11.8 Å². The second-order valence-electron chi connectivity index (χ2n) is 3.49. The summed E-state index contributed by atoms with van der Waals surface area (Å²) in [6, 6.07) is 4.76. The molecule has 0 aliphatic carbocycles. The minimum absolute atomic E-state index is 0.0764. The van der Waals surface area contributed by atoms with Crippen LogP contribution in [0.25, 0.3) is 0 Å². The molecule has 0 atom stereocenters. The van der Waals surface area contributed by atoms with Gasteiger partial charge < -0.3 is 5.32 Å². The summed E-state index contributed by atoms with van der Waals surface area (Å²) in [6.45, 7) is 2.44. The van der Waals surface area contributed by atoms with Crippen LogP contribution in [0.3, 0.4) is 0 Å². The third-order valence-corrected chi connectivity index (χ3v) is 3.57. The molecule has 0 aliphatic rings. The van der Waals surface area contributed by atoms with E-state index in [9.17, 15) is 9.59 Å². The predicted octanol–water partition coefficient (Wildman–Crippen LogP) is 3.05. The lowest BCUT2D eigenvalue weighted by Crippen LogP contribution is -2.25. The summed E-state index contributed by atoms with van der Waals surface area (Å²) < 4.78 is 0. The number of ketones is 1. The molecule has 18 heavy (non-hydrogen) atoms. The molecule has 0 unspecified atom stereocenters. The topological polar surface area (TPSA) is 46.2 Å². The molecule has 1 rings (SSSR count). The van der Waals surface area contributed by atoms with Crippen LogP contribution in [0, 0.1) is 0 Å². The number of nitrogens with one attached hydrogen (secondary N) is 1. The van der Waals surface area contributed by atoms with Crippen LogP contribution in [0.15, 0.2) is 18.2 Å². The van der Waals surface area contributed by atoms with E-state index in [0.717, 1.165) is 0 Å². The number of carbonyl (C=O) groups is 2. The van der Waals surface area contributed by atoms with Gasteiger partial charge in [0.15, 0.2) is 5.78 Å². The van der Waals surface area contributed by atoms with E-state index in [1.807, 2.05) is 6.92 Å². The van der Waals surface area contributed by atoms with Crippen LogP contribution in [-0.2, 0) is 4.79 Å². The van der Waals surface area contributed by atoms with Crippen molar-refractivity contribution in [3.63, 3.8) is 0 Å². The molecule has 0 radical (unpaired) electrons.